The number of nitrogens with one attached hydrogen (secondary N) is 1. The van der Waals surface area contributed by atoms with E-state index in [2.05, 4.69) is 12.2 Å². The Morgan fingerprint density at radius 3 is 2.30 bits per heavy atom. The van der Waals surface area contributed by atoms with Gasteiger partial charge >= 0.3 is 0 Å². The second-order valence-electron chi connectivity index (χ2n) is 4.90. The Morgan fingerprint density at radius 1 is 1.20 bits per heavy atom. The maximum Gasteiger partial charge on any atom is 0.242 e. The first-order chi connectivity index (χ1) is 9.40. The van der Waals surface area contributed by atoms with Crippen LogP contribution in [0.3, 0.4) is 0 Å². The zero-order valence-corrected chi connectivity index (χ0v) is 13.2. The molecule has 0 aromatic heterocycles. The Morgan fingerprint density at radius 2 is 1.80 bits per heavy atom. The van der Waals surface area contributed by atoms with Crippen LogP contribution in [-0.2, 0) is 21.1 Å². The predicted octanol–water partition coefficient (Wildman–Crippen LogP) is 2.79. The first-order valence-corrected chi connectivity index (χ1v) is 8.73. The molecule has 0 aliphatic carbocycles. The second kappa shape index (κ2) is 7.43. The fourth-order valence-electron chi connectivity index (χ4n) is 1.75. The van der Waals surface area contributed by atoms with Crippen molar-refractivity contribution in [2.24, 2.45) is 0 Å². The summed E-state index contributed by atoms with van der Waals surface area (Å²) in [5.74, 6) is -0.405. The van der Waals surface area contributed by atoms with Gasteiger partial charge in [-0.2, -0.15) is 0 Å². The summed E-state index contributed by atoms with van der Waals surface area (Å²) >= 11 is 0. The van der Waals surface area contributed by atoms with E-state index in [1.165, 1.54) is 12.5 Å². The van der Waals surface area contributed by atoms with Crippen molar-refractivity contribution in [2.45, 2.75) is 45.3 Å². The van der Waals surface area contributed by atoms with E-state index in [4.69, 9.17) is 0 Å². The summed E-state index contributed by atoms with van der Waals surface area (Å²) in [7, 11) is -3.37. The monoisotopic (exact) mass is 297 g/mol. The molecule has 0 bridgehead atoms. The number of carbonyl (C=O) groups excluding carboxylic acids is 1. The van der Waals surface area contributed by atoms with E-state index >= 15 is 0 Å². The number of aryl methyl sites for hydroxylation is 1. The quantitative estimate of drug-likeness (QED) is 0.841. The molecule has 1 aromatic rings. The summed E-state index contributed by atoms with van der Waals surface area (Å²) in [5.41, 5.74) is 1.80. The molecule has 112 valence electrons. The van der Waals surface area contributed by atoms with Crippen LogP contribution in [0.4, 0.5) is 5.69 Å². The number of sulfone groups is 1. The summed E-state index contributed by atoms with van der Waals surface area (Å²) in [5, 5.41) is 1.64. The minimum Gasteiger partial charge on any atom is -0.325 e. The number of carbonyl (C=O) groups is 1. The van der Waals surface area contributed by atoms with E-state index in [0.29, 0.717) is 12.1 Å². The van der Waals surface area contributed by atoms with Crippen LogP contribution < -0.4 is 5.32 Å². The maximum absolute atomic E-state index is 12.0. The van der Waals surface area contributed by atoms with E-state index in [0.717, 1.165) is 12.8 Å². The van der Waals surface area contributed by atoms with E-state index < -0.39 is 21.0 Å². The van der Waals surface area contributed by atoms with Crippen LogP contribution in [0.2, 0.25) is 0 Å². The molecule has 1 N–H and O–H groups in total. The largest absolute Gasteiger partial charge is 0.325 e. The minimum atomic E-state index is -3.37. The molecule has 1 unspecified atom stereocenters. The van der Waals surface area contributed by atoms with Gasteiger partial charge < -0.3 is 5.32 Å². The average Bonchev–Trinajstić information content (AvgIpc) is 2.45. The molecule has 20 heavy (non-hydrogen) atoms. The van der Waals surface area contributed by atoms with E-state index in [9.17, 15) is 13.2 Å². The highest BCUT2D eigenvalue weighted by Crippen LogP contribution is 2.13. The first-order valence-electron chi connectivity index (χ1n) is 7.02. The van der Waals surface area contributed by atoms with Crippen LogP contribution >= 0.6 is 0 Å². The third kappa shape index (κ3) is 4.63. The van der Waals surface area contributed by atoms with E-state index in [1.807, 2.05) is 19.1 Å². The normalized spacial score (nSPS) is 12.9. The van der Waals surface area contributed by atoms with Crippen molar-refractivity contribution >= 4 is 21.4 Å². The van der Waals surface area contributed by atoms with Crippen LogP contribution in [0.15, 0.2) is 24.3 Å². The van der Waals surface area contributed by atoms with Gasteiger partial charge in [-0.05, 0) is 37.5 Å². The molecule has 0 fully saturated rings. The SMILES string of the molecule is CCCCS(=O)(=O)C(C)C(=O)Nc1ccc(CC)cc1. The standard InChI is InChI=1S/C15H23NO3S/c1-4-6-11-20(18,19)12(3)15(17)16-14-9-7-13(5-2)8-10-14/h7-10,12H,4-6,11H2,1-3H3,(H,16,17). The fraction of sp³-hybridized carbons (Fsp3) is 0.533. The van der Waals surface area contributed by atoms with Gasteiger partial charge in [-0.25, -0.2) is 8.42 Å². The Labute approximate surface area is 121 Å². The van der Waals surface area contributed by atoms with Gasteiger partial charge in [0.15, 0.2) is 9.84 Å². The van der Waals surface area contributed by atoms with Crippen LogP contribution in [-0.4, -0.2) is 25.3 Å². The molecule has 0 aliphatic heterocycles. The van der Waals surface area contributed by atoms with Crippen molar-refractivity contribution in [2.75, 3.05) is 11.1 Å². The van der Waals surface area contributed by atoms with Crippen LogP contribution in [0.5, 0.6) is 0 Å². The molecule has 0 saturated carbocycles. The number of unbranched alkanes of at least 4 members (excludes halogenated alkanes) is 1. The summed E-state index contributed by atoms with van der Waals surface area (Å²) in [6, 6.07) is 7.43. The van der Waals surface area contributed by atoms with Crippen LogP contribution in [0, 0.1) is 0 Å². The van der Waals surface area contributed by atoms with Gasteiger partial charge in [0.25, 0.3) is 0 Å². The zero-order valence-electron chi connectivity index (χ0n) is 12.3. The minimum absolute atomic E-state index is 0.0624. The zero-order chi connectivity index (χ0) is 15.2. The molecular formula is C15H23NO3S. The van der Waals surface area contributed by atoms with Gasteiger partial charge in [-0.15, -0.1) is 0 Å². The third-order valence-electron chi connectivity index (χ3n) is 3.32. The third-order valence-corrected chi connectivity index (χ3v) is 5.47. The second-order valence-corrected chi connectivity index (χ2v) is 7.34. The van der Waals surface area contributed by atoms with Gasteiger partial charge in [0, 0.05) is 5.69 Å². The molecule has 0 aliphatic rings. The molecule has 1 amide bonds. The highest BCUT2D eigenvalue weighted by atomic mass is 32.2. The summed E-state index contributed by atoms with van der Waals surface area (Å²) in [6.45, 7) is 5.42. The Bertz CT molecular complexity index is 535. The number of benzene rings is 1. The topological polar surface area (TPSA) is 63.2 Å². The Hall–Kier alpha value is -1.36. The predicted molar refractivity (Wildman–Crippen MR) is 82.6 cm³/mol. The number of hydrogen-bond donors (Lipinski definition) is 1. The summed E-state index contributed by atoms with van der Waals surface area (Å²) in [6.07, 6.45) is 2.31. The number of amides is 1. The molecule has 0 heterocycles. The average molecular weight is 297 g/mol. The molecule has 0 radical (unpaired) electrons. The lowest BCUT2D eigenvalue weighted by Gasteiger charge is -2.13. The molecule has 1 rings (SSSR count). The van der Waals surface area contributed by atoms with E-state index in [-0.39, 0.29) is 5.75 Å². The fourth-order valence-corrected chi connectivity index (χ4v) is 3.18. The van der Waals surface area contributed by atoms with Crippen molar-refractivity contribution in [1.82, 2.24) is 0 Å². The highest BCUT2D eigenvalue weighted by Gasteiger charge is 2.27. The summed E-state index contributed by atoms with van der Waals surface area (Å²) in [4.78, 5) is 12.0. The lowest BCUT2D eigenvalue weighted by molar-refractivity contribution is -0.115. The maximum atomic E-state index is 12.0. The molecule has 0 spiro atoms. The van der Waals surface area contributed by atoms with Crippen molar-refractivity contribution in [3.8, 4) is 0 Å². The van der Waals surface area contributed by atoms with Crippen LogP contribution in [0.25, 0.3) is 0 Å². The molecule has 4 nitrogen and oxygen atoms in total. The van der Waals surface area contributed by atoms with Gasteiger partial charge in [-0.1, -0.05) is 32.4 Å². The molecular weight excluding hydrogens is 274 g/mol. The van der Waals surface area contributed by atoms with E-state index in [1.54, 1.807) is 12.1 Å². The van der Waals surface area contributed by atoms with Gasteiger partial charge in [0.2, 0.25) is 5.91 Å². The van der Waals surface area contributed by atoms with Crippen molar-refractivity contribution in [1.29, 1.82) is 0 Å². The lowest BCUT2D eigenvalue weighted by Crippen LogP contribution is -2.34. The highest BCUT2D eigenvalue weighted by molar-refractivity contribution is 7.92. The summed E-state index contributed by atoms with van der Waals surface area (Å²) < 4.78 is 23.9. The first kappa shape index (κ1) is 16.7. The van der Waals surface area contributed by atoms with Crippen molar-refractivity contribution < 1.29 is 13.2 Å². The molecule has 1 atom stereocenters. The van der Waals surface area contributed by atoms with Gasteiger partial charge in [0.1, 0.15) is 5.25 Å². The molecule has 5 heteroatoms. The van der Waals surface area contributed by atoms with Crippen LogP contribution in [0.1, 0.15) is 39.2 Å². The molecule has 1 aromatic carbocycles. The Kier molecular flexibility index (Phi) is 6.20. The number of hydrogen-bond acceptors (Lipinski definition) is 3. The number of rotatable bonds is 7. The van der Waals surface area contributed by atoms with Gasteiger partial charge in [0.05, 0.1) is 5.75 Å². The molecule has 0 saturated heterocycles. The smallest absolute Gasteiger partial charge is 0.242 e. The Balaban J connectivity index is 2.69. The van der Waals surface area contributed by atoms with Gasteiger partial charge in [-0.3, -0.25) is 4.79 Å². The number of anilines is 1. The van der Waals surface area contributed by atoms with Crippen molar-refractivity contribution in [3.05, 3.63) is 29.8 Å². The lowest BCUT2D eigenvalue weighted by atomic mass is 10.1. The van der Waals surface area contributed by atoms with Crippen molar-refractivity contribution in [3.63, 3.8) is 0 Å².